The first-order chi connectivity index (χ1) is 9.68. The summed E-state index contributed by atoms with van der Waals surface area (Å²) in [5.41, 5.74) is -1.22. The third-order valence-corrected chi connectivity index (χ3v) is 4.34. The van der Waals surface area contributed by atoms with Gasteiger partial charge in [0, 0.05) is 13.1 Å². The lowest BCUT2D eigenvalue weighted by Gasteiger charge is -2.40. The molecule has 2 aliphatic rings. The van der Waals surface area contributed by atoms with Crippen molar-refractivity contribution in [2.45, 2.75) is 39.5 Å². The molecule has 0 atom stereocenters. The van der Waals surface area contributed by atoms with E-state index >= 15 is 0 Å². The maximum Gasteiger partial charge on any atom is 0.330 e. The van der Waals surface area contributed by atoms with Crippen molar-refractivity contribution in [2.75, 3.05) is 27.2 Å². The Bertz CT molecular complexity index is 465. The average molecular weight is 295 g/mol. The van der Waals surface area contributed by atoms with E-state index in [0.717, 1.165) is 19.4 Å². The molecule has 118 valence electrons. The Kier molecular flexibility index (Phi) is 4.10. The van der Waals surface area contributed by atoms with Gasteiger partial charge in [0.25, 0.3) is 0 Å². The Morgan fingerprint density at radius 3 is 2.29 bits per heavy atom. The Balaban J connectivity index is 2.20. The van der Waals surface area contributed by atoms with Crippen LogP contribution in [0.25, 0.3) is 0 Å². The van der Waals surface area contributed by atoms with Crippen LogP contribution < -0.4 is 5.32 Å². The molecule has 1 N–H and O–H groups in total. The summed E-state index contributed by atoms with van der Waals surface area (Å²) < 4.78 is 0. The average Bonchev–Trinajstić information content (AvgIpc) is 2.82. The van der Waals surface area contributed by atoms with Crippen LogP contribution in [0.15, 0.2) is 0 Å². The van der Waals surface area contributed by atoms with Crippen LogP contribution in [0.4, 0.5) is 4.79 Å². The van der Waals surface area contributed by atoms with Gasteiger partial charge in [0.2, 0.25) is 11.8 Å². The predicted octanol–water partition coefficient (Wildman–Crippen LogP) is 1.21. The van der Waals surface area contributed by atoms with Crippen LogP contribution in [-0.4, -0.2) is 54.8 Å². The zero-order chi connectivity index (χ0) is 15.8. The summed E-state index contributed by atoms with van der Waals surface area (Å²) in [5.74, 6) is -0.711. The molecular formula is C15H25N3O3. The highest BCUT2D eigenvalue weighted by Crippen LogP contribution is 2.42. The molecule has 1 heterocycles. The van der Waals surface area contributed by atoms with Crippen LogP contribution >= 0.6 is 0 Å². The quantitative estimate of drug-likeness (QED) is 0.792. The minimum atomic E-state index is -0.998. The largest absolute Gasteiger partial charge is 0.330 e. The molecule has 0 radical (unpaired) electrons. The Morgan fingerprint density at radius 2 is 1.76 bits per heavy atom. The molecule has 2 fully saturated rings. The summed E-state index contributed by atoms with van der Waals surface area (Å²) in [7, 11) is 3.92. The number of nitrogens with zero attached hydrogens (tertiary/aromatic N) is 2. The SMILES string of the molecule is CN(C)CC(C)(C)CN1C(=O)NC(=O)C2(CCCC2)C1=O. The normalized spacial score (nSPS) is 22.3. The third kappa shape index (κ3) is 2.95. The number of carbonyl (C=O) groups is 3. The second-order valence-electron chi connectivity index (χ2n) is 7.34. The number of hydrogen-bond acceptors (Lipinski definition) is 4. The van der Waals surface area contributed by atoms with E-state index in [0.29, 0.717) is 19.4 Å². The second-order valence-corrected chi connectivity index (χ2v) is 7.34. The molecule has 0 aromatic carbocycles. The molecule has 0 aromatic rings. The van der Waals surface area contributed by atoms with Crippen molar-refractivity contribution >= 4 is 17.8 Å². The van der Waals surface area contributed by atoms with E-state index < -0.39 is 17.4 Å². The Hall–Kier alpha value is -1.43. The van der Waals surface area contributed by atoms with Crippen LogP contribution in [0.2, 0.25) is 0 Å². The van der Waals surface area contributed by atoms with Gasteiger partial charge in [-0.2, -0.15) is 0 Å². The number of barbiturate groups is 1. The standard InChI is InChI=1S/C15H25N3O3/c1-14(2,9-17(3)4)10-18-12(20)15(7-5-6-8-15)11(19)16-13(18)21/h5-10H2,1-4H3,(H,16,19,21). The van der Waals surface area contributed by atoms with E-state index in [1.54, 1.807) is 0 Å². The van der Waals surface area contributed by atoms with Gasteiger partial charge < -0.3 is 4.90 Å². The molecule has 1 aliphatic carbocycles. The lowest BCUT2D eigenvalue weighted by molar-refractivity contribution is -0.152. The van der Waals surface area contributed by atoms with E-state index in [9.17, 15) is 14.4 Å². The fourth-order valence-electron chi connectivity index (χ4n) is 3.63. The van der Waals surface area contributed by atoms with E-state index in [4.69, 9.17) is 0 Å². The molecule has 21 heavy (non-hydrogen) atoms. The van der Waals surface area contributed by atoms with Gasteiger partial charge in [-0.1, -0.05) is 26.7 Å². The number of carbonyl (C=O) groups excluding carboxylic acids is 3. The van der Waals surface area contributed by atoms with E-state index in [-0.39, 0.29) is 11.3 Å². The number of urea groups is 1. The summed E-state index contributed by atoms with van der Waals surface area (Å²) in [6, 6.07) is -0.575. The van der Waals surface area contributed by atoms with E-state index in [2.05, 4.69) is 5.32 Å². The highest BCUT2D eigenvalue weighted by atomic mass is 16.2. The van der Waals surface area contributed by atoms with E-state index in [1.165, 1.54) is 4.90 Å². The summed E-state index contributed by atoms with van der Waals surface area (Å²) in [4.78, 5) is 40.3. The zero-order valence-corrected chi connectivity index (χ0v) is 13.4. The summed E-state index contributed by atoms with van der Waals surface area (Å²) in [5, 5.41) is 2.38. The van der Waals surface area contributed by atoms with Crippen LogP contribution in [0.1, 0.15) is 39.5 Å². The Morgan fingerprint density at radius 1 is 1.19 bits per heavy atom. The highest BCUT2D eigenvalue weighted by molar-refractivity contribution is 6.19. The van der Waals surface area contributed by atoms with Crippen LogP contribution in [0.5, 0.6) is 0 Å². The van der Waals surface area contributed by atoms with Gasteiger partial charge in [-0.15, -0.1) is 0 Å². The van der Waals surface area contributed by atoms with Gasteiger partial charge in [0.1, 0.15) is 5.41 Å². The zero-order valence-electron chi connectivity index (χ0n) is 13.4. The van der Waals surface area contributed by atoms with Crippen molar-refractivity contribution in [3.8, 4) is 0 Å². The molecule has 0 aromatic heterocycles. The lowest BCUT2D eigenvalue weighted by Crippen LogP contribution is -2.64. The highest BCUT2D eigenvalue weighted by Gasteiger charge is 2.55. The molecule has 1 saturated carbocycles. The fourth-order valence-corrected chi connectivity index (χ4v) is 3.63. The van der Waals surface area contributed by atoms with Crippen LogP contribution in [0, 0.1) is 10.8 Å². The summed E-state index contributed by atoms with van der Waals surface area (Å²) in [6.45, 7) is 5.12. The topological polar surface area (TPSA) is 69.7 Å². The van der Waals surface area contributed by atoms with Crippen molar-refractivity contribution in [1.82, 2.24) is 15.1 Å². The first kappa shape index (κ1) is 15.9. The molecule has 2 rings (SSSR count). The van der Waals surface area contributed by atoms with Crippen LogP contribution in [-0.2, 0) is 9.59 Å². The molecule has 0 bridgehead atoms. The molecular weight excluding hydrogens is 270 g/mol. The molecule has 6 nitrogen and oxygen atoms in total. The number of nitrogens with one attached hydrogen (secondary N) is 1. The predicted molar refractivity (Wildman–Crippen MR) is 78.5 cm³/mol. The lowest BCUT2D eigenvalue weighted by atomic mass is 9.81. The van der Waals surface area contributed by atoms with E-state index in [1.807, 2.05) is 32.8 Å². The fraction of sp³-hybridized carbons (Fsp3) is 0.800. The summed E-state index contributed by atoms with van der Waals surface area (Å²) >= 11 is 0. The molecule has 4 amide bonds. The van der Waals surface area contributed by atoms with Gasteiger partial charge in [-0.05, 0) is 32.4 Å². The first-order valence-electron chi connectivity index (χ1n) is 7.50. The second kappa shape index (κ2) is 5.40. The third-order valence-electron chi connectivity index (χ3n) is 4.34. The number of rotatable bonds is 4. The van der Waals surface area contributed by atoms with Gasteiger partial charge in [0.15, 0.2) is 0 Å². The monoisotopic (exact) mass is 295 g/mol. The number of imide groups is 2. The minimum absolute atomic E-state index is 0.226. The van der Waals surface area contributed by atoms with Crippen molar-refractivity contribution in [3.05, 3.63) is 0 Å². The maximum atomic E-state index is 12.8. The van der Waals surface area contributed by atoms with Crippen LogP contribution in [0.3, 0.4) is 0 Å². The van der Waals surface area contributed by atoms with Gasteiger partial charge in [-0.25, -0.2) is 4.79 Å². The van der Waals surface area contributed by atoms with Gasteiger partial charge in [-0.3, -0.25) is 19.8 Å². The molecule has 0 unspecified atom stereocenters. The number of hydrogen-bond donors (Lipinski definition) is 1. The molecule has 1 aliphatic heterocycles. The van der Waals surface area contributed by atoms with Crippen molar-refractivity contribution < 1.29 is 14.4 Å². The van der Waals surface area contributed by atoms with Gasteiger partial charge >= 0.3 is 6.03 Å². The molecule has 1 spiro atoms. The number of amides is 4. The van der Waals surface area contributed by atoms with Crippen molar-refractivity contribution in [2.24, 2.45) is 10.8 Å². The molecule has 6 heteroatoms. The summed E-state index contributed by atoms with van der Waals surface area (Å²) in [6.07, 6.45) is 2.83. The molecule has 1 saturated heterocycles. The Labute approximate surface area is 125 Å². The minimum Gasteiger partial charge on any atom is -0.309 e. The van der Waals surface area contributed by atoms with Crippen molar-refractivity contribution in [3.63, 3.8) is 0 Å². The smallest absolute Gasteiger partial charge is 0.309 e. The van der Waals surface area contributed by atoms with Crippen molar-refractivity contribution in [1.29, 1.82) is 0 Å². The maximum absolute atomic E-state index is 12.8. The van der Waals surface area contributed by atoms with Gasteiger partial charge in [0.05, 0.1) is 0 Å². The first-order valence-corrected chi connectivity index (χ1v) is 7.50.